The van der Waals surface area contributed by atoms with E-state index in [-0.39, 0.29) is 11.4 Å². The first-order chi connectivity index (χ1) is 8.94. The minimum atomic E-state index is -0.121. The van der Waals surface area contributed by atoms with Gasteiger partial charge in [0.25, 0.3) is 0 Å². The van der Waals surface area contributed by atoms with Gasteiger partial charge in [0.2, 0.25) is 5.91 Å². The molecule has 2 N–H and O–H groups in total. The lowest BCUT2D eigenvalue weighted by Gasteiger charge is -2.32. The second-order valence-corrected chi connectivity index (χ2v) is 7.94. The van der Waals surface area contributed by atoms with Crippen LogP contribution in [0.3, 0.4) is 0 Å². The normalized spacial score (nSPS) is 40.5. The van der Waals surface area contributed by atoms with Gasteiger partial charge in [-0.3, -0.25) is 4.79 Å². The molecule has 5 atom stereocenters. The zero-order valence-corrected chi connectivity index (χ0v) is 12.5. The Morgan fingerprint density at radius 3 is 2.58 bits per heavy atom. The van der Waals surface area contributed by atoms with Gasteiger partial charge in [-0.1, -0.05) is 6.42 Å². The number of rotatable bonds is 3. The van der Waals surface area contributed by atoms with Crippen LogP contribution in [0.15, 0.2) is 0 Å². The van der Waals surface area contributed by atoms with Crippen LogP contribution in [0.2, 0.25) is 0 Å². The number of carbonyl (C=O) groups is 1. The lowest BCUT2D eigenvalue weighted by molar-refractivity contribution is -0.121. The van der Waals surface area contributed by atoms with Gasteiger partial charge in [-0.25, -0.2) is 0 Å². The summed E-state index contributed by atoms with van der Waals surface area (Å²) in [6, 6.07) is 0.607. The quantitative estimate of drug-likeness (QED) is 0.821. The molecule has 0 spiro atoms. The minimum Gasteiger partial charge on any atom is -0.350 e. The highest BCUT2D eigenvalue weighted by molar-refractivity contribution is 5.78. The fourth-order valence-electron chi connectivity index (χ4n) is 4.99. The van der Waals surface area contributed by atoms with Crippen LogP contribution in [0, 0.1) is 23.7 Å². The van der Waals surface area contributed by atoms with Crippen LogP contribution in [0.4, 0.5) is 0 Å². The number of hydrogen-bond acceptors (Lipinski definition) is 2. The second kappa shape index (κ2) is 4.76. The van der Waals surface area contributed by atoms with Gasteiger partial charge in [-0.05, 0) is 70.1 Å². The molecule has 5 unspecified atom stereocenters. The van der Waals surface area contributed by atoms with E-state index >= 15 is 0 Å². The van der Waals surface area contributed by atoms with Crippen molar-refractivity contribution < 1.29 is 4.79 Å². The Balaban J connectivity index is 1.49. The lowest BCUT2D eigenvalue weighted by atomic mass is 9.79. The average Bonchev–Trinajstić information content (AvgIpc) is 2.95. The molecule has 3 aliphatic rings. The first-order valence-electron chi connectivity index (χ1n) is 7.98. The minimum absolute atomic E-state index is 0.121. The van der Waals surface area contributed by atoms with E-state index in [1.165, 1.54) is 32.1 Å². The van der Waals surface area contributed by atoms with E-state index < -0.39 is 0 Å². The van der Waals surface area contributed by atoms with Gasteiger partial charge >= 0.3 is 0 Å². The van der Waals surface area contributed by atoms with Gasteiger partial charge in [0, 0.05) is 11.6 Å². The molecule has 3 fully saturated rings. The maximum atomic E-state index is 11.9. The molecule has 3 heteroatoms. The Bertz CT molecular complexity index is 360. The molecule has 0 aliphatic heterocycles. The van der Waals surface area contributed by atoms with E-state index in [4.69, 9.17) is 0 Å². The van der Waals surface area contributed by atoms with Crippen molar-refractivity contribution in [3.63, 3.8) is 0 Å². The Hall–Kier alpha value is -0.570. The lowest BCUT2D eigenvalue weighted by Crippen LogP contribution is -2.48. The molecule has 3 rings (SSSR count). The van der Waals surface area contributed by atoms with Crippen molar-refractivity contribution in [3.8, 4) is 0 Å². The summed E-state index contributed by atoms with van der Waals surface area (Å²) in [7, 11) is 0. The smallest absolute Gasteiger partial charge is 0.234 e. The monoisotopic (exact) mass is 264 g/mol. The van der Waals surface area contributed by atoms with E-state index in [9.17, 15) is 4.79 Å². The van der Waals surface area contributed by atoms with Crippen LogP contribution < -0.4 is 10.6 Å². The molecule has 19 heavy (non-hydrogen) atoms. The van der Waals surface area contributed by atoms with Gasteiger partial charge in [-0.2, -0.15) is 0 Å². The number of carbonyl (C=O) groups excluding carboxylic acids is 1. The predicted molar refractivity (Wildman–Crippen MR) is 76.7 cm³/mol. The molecule has 3 aliphatic carbocycles. The molecule has 0 saturated heterocycles. The summed E-state index contributed by atoms with van der Waals surface area (Å²) in [5.74, 6) is 3.97. The summed E-state index contributed by atoms with van der Waals surface area (Å²) in [5, 5.41) is 6.57. The van der Waals surface area contributed by atoms with Crippen molar-refractivity contribution in [2.75, 3.05) is 6.54 Å². The van der Waals surface area contributed by atoms with Crippen LogP contribution in [0.1, 0.15) is 52.9 Å². The molecule has 0 radical (unpaired) electrons. The maximum Gasteiger partial charge on any atom is 0.234 e. The van der Waals surface area contributed by atoms with Crippen LogP contribution in [0.25, 0.3) is 0 Å². The number of nitrogens with one attached hydrogen (secondary N) is 2. The fraction of sp³-hybridized carbons (Fsp3) is 0.938. The fourth-order valence-corrected chi connectivity index (χ4v) is 4.99. The van der Waals surface area contributed by atoms with E-state index in [0.717, 1.165) is 23.7 Å². The Morgan fingerprint density at radius 1 is 1.11 bits per heavy atom. The number of hydrogen-bond donors (Lipinski definition) is 2. The van der Waals surface area contributed by atoms with Gasteiger partial charge in [0.1, 0.15) is 0 Å². The standard InChI is InChI=1S/C16H28N2O/c1-16(2,3)18-15(19)9-17-14-8-10-7-13(14)12-6-4-5-11(10)12/h10-14,17H,4-9H2,1-3H3,(H,18,19). The largest absolute Gasteiger partial charge is 0.350 e. The zero-order chi connectivity index (χ0) is 13.6. The highest BCUT2D eigenvalue weighted by atomic mass is 16.2. The molecule has 108 valence electrons. The van der Waals surface area contributed by atoms with E-state index in [0.29, 0.717) is 12.6 Å². The first kappa shape index (κ1) is 13.4. The SMILES string of the molecule is CC(C)(C)NC(=O)CNC1CC2CC1C1CCCC21. The van der Waals surface area contributed by atoms with Gasteiger partial charge < -0.3 is 10.6 Å². The molecule has 0 heterocycles. The van der Waals surface area contributed by atoms with Crippen molar-refractivity contribution >= 4 is 5.91 Å². The summed E-state index contributed by atoms with van der Waals surface area (Å²) >= 11 is 0. The molecule has 3 saturated carbocycles. The summed E-state index contributed by atoms with van der Waals surface area (Å²) in [5.41, 5.74) is -0.121. The second-order valence-electron chi connectivity index (χ2n) is 7.94. The molecule has 3 nitrogen and oxygen atoms in total. The molecule has 2 bridgehead atoms. The van der Waals surface area contributed by atoms with Crippen LogP contribution in [0.5, 0.6) is 0 Å². The van der Waals surface area contributed by atoms with Crippen molar-refractivity contribution in [1.29, 1.82) is 0 Å². The molecular weight excluding hydrogens is 236 g/mol. The molecule has 0 aromatic rings. The van der Waals surface area contributed by atoms with E-state index in [1.807, 2.05) is 20.8 Å². The Morgan fingerprint density at radius 2 is 1.84 bits per heavy atom. The first-order valence-corrected chi connectivity index (χ1v) is 7.98. The molecule has 0 aromatic heterocycles. The number of amides is 1. The Kier molecular flexibility index (Phi) is 3.36. The highest BCUT2D eigenvalue weighted by Crippen LogP contribution is 2.58. The number of fused-ring (bicyclic) bond motifs is 5. The summed E-state index contributed by atoms with van der Waals surface area (Å²) < 4.78 is 0. The van der Waals surface area contributed by atoms with Crippen molar-refractivity contribution in [2.24, 2.45) is 23.7 Å². The third-order valence-electron chi connectivity index (χ3n) is 5.47. The van der Waals surface area contributed by atoms with E-state index in [2.05, 4.69) is 10.6 Å². The van der Waals surface area contributed by atoms with Crippen LogP contribution in [-0.4, -0.2) is 24.0 Å². The maximum absolute atomic E-state index is 11.9. The van der Waals surface area contributed by atoms with Crippen molar-refractivity contribution in [2.45, 2.75) is 64.5 Å². The third-order valence-corrected chi connectivity index (χ3v) is 5.47. The molecular formula is C16H28N2O. The van der Waals surface area contributed by atoms with Crippen LogP contribution >= 0.6 is 0 Å². The summed E-state index contributed by atoms with van der Waals surface area (Å²) in [6.07, 6.45) is 7.10. The zero-order valence-electron chi connectivity index (χ0n) is 12.5. The van der Waals surface area contributed by atoms with Crippen molar-refractivity contribution in [1.82, 2.24) is 10.6 Å². The summed E-state index contributed by atoms with van der Waals surface area (Å²) in [4.78, 5) is 11.9. The summed E-state index contributed by atoms with van der Waals surface area (Å²) in [6.45, 7) is 6.59. The highest BCUT2D eigenvalue weighted by Gasteiger charge is 2.53. The average molecular weight is 264 g/mol. The van der Waals surface area contributed by atoms with Gasteiger partial charge in [-0.15, -0.1) is 0 Å². The Labute approximate surface area is 116 Å². The van der Waals surface area contributed by atoms with Gasteiger partial charge in [0.15, 0.2) is 0 Å². The molecule has 0 aromatic carbocycles. The van der Waals surface area contributed by atoms with Crippen molar-refractivity contribution in [3.05, 3.63) is 0 Å². The van der Waals surface area contributed by atoms with E-state index in [1.54, 1.807) is 0 Å². The molecule has 1 amide bonds. The predicted octanol–water partition coefficient (Wildman–Crippen LogP) is 2.32. The topological polar surface area (TPSA) is 41.1 Å². The van der Waals surface area contributed by atoms with Gasteiger partial charge in [0.05, 0.1) is 6.54 Å². The van der Waals surface area contributed by atoms with Crippen LogP contribution in [-0.2, 0) is 4.79 Å². The third kappa shape index (κ3) is 2.67.